The zero-order valence-electron chi connectivity index (χ0n) is 16.9. The highest BCUT2D eigenvalue weighted by molar-refractivity contribution is 5.94. The van der Waals surface area contributed by atoms with E-state index in [0.717, 1.165) is 27.9 Å². The van der Waals surface area contributed by atoms with Crippen LogP contribution in [0.15, 0.2) is 84.0 Å². The van der Waals surface area contributed by atoms with Crippen LogP contribution in [0.5, 0.6) is 0 Å². The van der Waals surface area contributed by atoms with Crippen molar-refractivity contribution in [2.24, 2.45) is 5.10 Å². The van der Waals surface area contributed by atoms with E-state index in [1.165, 1.54) is 11.1 Å². The predicted molar refractivity (Wildman–Crippen MR) is 120 cm³/mol. The number of carbonyl (C=O) groups excluding carboxylic acids is 1. The van der Waals surface area contributed by atoms with Crippen molar-refractivity contribution < 1.29 is 4.79 Å². The van der Waals surface area contributed by atoms with Gasteiger partial charge in [0.1, 0.15) is 5.69 Å². The third-order valence-electron chi connectivity index (χ3n) is 5.02. The van der Waals surface area contributed by atoms with Crippen LogP contribution in [0.1, 0.15) is 27.2 Å². The third-order valence-corrected chi connectivity index (χ3v) is 5.02. The number of aromatic amines is 1. The molecule has 2 N–H and O–H groups in total. The van der Waals surface area contributed by atoms with E-state index in [2.05, 4.69) is 52.8 Å². The molecule has 0 spiro atoms. The van der Waals surface area contributed by atoms with Crippen molar-refractivity contribution in [2.45, 2.75) is 13.8 Å². The molecule has 0 bridgehead atoms. The molecule has 0 aliphatic heterocycles. The van der Waals surface area contributed by atoms with Crippen LogP contribution in [-0.2, 0) is 0 Å². The number of rotatable bonds is 5. The van der Waals surface area contributed by atoms with E-state index in [0.29, 0.717) is 5.69 Å². The van der Waals surface area contributed by atoms with Crippen LogP contribution in [0.4, 0.5) is 0 Å². The Morgan fingerprint density at radius 1 is 0.867 bits per heavy atom. The first-order chi connectivity index (χ1) is 14.6. The average molecular weight is 394 g/mol. The first kappa shape index (κ1) is 19.3. The number of nitrogens with one attached hydrogen (secondary N) is 2. The SMILES string of the molecule is Cc1ccc(-c2cc(C(=O)N/N=C\c3ccc(-c4ccccc4)cc3)[nH]n2)cc1C. The molecule has 1 amide bonds. The number of benzene rings is 3. The first-order valence-electron chi connectivity index (χ1n) is 9.72. The van der Waals surface area contributed by atoms with Crippen molar-refractivity contribution in [3.63, 3.8) is 0 Å². The Balaban J connectivity index is 1.39. The molecule has 0 saturated heterocycles. The van der Waals surface area contributed by atoms with Crippen LogP contribution in [0.2, 0.25) is 0 Å². The maximum absolute atomic E-state index is 12.3. The summed E-state index contributed by atoms with van der Waals surface area (Å²) in [6, 6.07) is 26.0. The van der Waals surface area contributed by atoms with Crippen molar-refractivity contribution >= 4 is 12.1 Å². The lowest BCUT2D eigenvalue weighted by atomic mass is 10.0. The monoisotopic (exact) mass is 394 g/mol. The molecule has 30 heavy (non-hydrogen) atoms. The highest BCUT2D eigenvalue weighted by Gasteiger charge is 2.11. The Morgan fingerprint density at radius 3 is 2.30 bits per heavy atom. The molecule has 3 aromatic carbocycles. The van der Waals surface area contributed by atoms with Crippen LogP contribution in [0.25, 0.3) is 22.4 Å². The molecular weight excluding hydrogens is 372 g/mol. The van der Waals surface area contributed by atoms with Gasteiger partial charge in [0.2, 0.25) is 0 Å². The van der Waals surface area contributed by atoms with Gasteiger partial charge in [-0.05, 0) is 53.8 Å². The number of aromatic nitrogens is 2. The van der Waals surface area contributed by atoms with Crippen molar-refractivity contribution in [1.29, 1.82) is 0 Å². The summed E-state index contributed by atoms with van der Waals surface area (Å²) in [6.07, 6.45) is 1.62. The molecule has 148 valence electrons. The van der Waals surface area contributed by atoms with Gasteiger partial charge >= 0.3 is 0 Å². The fourth-order valence-electron chi connectivity index (χ4n) is 3.10. The zero-order valence-corrected chi connectivity index (χ0v) is 16.9. The summed E-state index contributed by atoms with van der Waals surface area (Å²) in [4.78, 5) is 12.3. The predicted octanol–water partition coefficient (Wildman–Crippen LogP) is 5.12. The molecule has 0 fully saturated rings. The second kappa shape index (κ2) is 8.57. The van der Waals surface area contributed by atoms with Crippen molar-refractivity contribution in [3.05, 3.63) is 101 Å². The van der Waals surface area contributed by atoms with Gasteiger partial charge in [0.05, 0.1) is 11.9 Å². The topological polar surface area (TPSA) is 70.1 Å². The van der Waals surface area contributed by atoms with Gasteiger partial charge < -0.3 is 0 Å². The number of aryl methyl sites for hydroxylation is 2. The summed E-state index contributed by atoms with van der Waals surface area (Å²) >= 11 is 0. The van der Waals surface area contributed by atoms with Gasteiger partial charge in [-0.3, -0.25) is 9.89 Å². The van der Waals surface area contributed by atoms with Gasteiger partial charge in [0.15, 0.2) is 0 Å². The van der Waals surface area contributed by atoms with Gasteiger partial charge in [-0.2, -0.15) is 10.2 Å². The lowest BCUT2D eigenvalue weighted by Crippen LogP contribution is -2.17. The molecular formula is C25H22N4O. The van der Waals surface area contributed by atoms with E-state index >= 15 is 0 Å². The Bertz CT molecular complexity index is 1190. The van der Waals surface area contributed by atoms with Gasteiger partial charge in [-0.1, -0.05) is 66.7 Å². The van der Waals surface area contributed by atoms with Crippen LogP contribution in [0, 0.1) is 13.8 Å². The van der Waals surface area contributed by atoms with E-state index in [4.69, 9.17) is 0 Å². The molecule has 5 heteroatoms. The lowest BCUT2D eigenvalue weighted by molar-refractivity contribution is 0.0950. The number of nitrogens with zero attached hydrogens (tertiary/aromatic N) is 2. The third kappa shape index (κ3) is 4.36. The van der Waals surface area contributed by atoms with Gasteiger partial charge in [-0.15, -0.1) is 0 Å². The summed E-state index contributed by atoms with van der Waals surface area (Å²) in [7, 11) is 0. The molecule has 4 rings (SSSR count). The molecule has 0 aliphatic carbocycles. The van der Waals surface area contributed by atoms with E-state index in [1.807, 2.05) is 54.6 Å². The standard InChI is InChI=1S/C25H22N4O/c1-17-8-11-22(14-18(17)2)23-15-24(28-27-23)25(30)29-26-16-19-9-12-21(13-10-19)20-6-4-3-5-7-20/h3-16H,1-2H3,(H,27,28)(H,29,30)/b26-16-. The minimum absolute atomic E-state index is 0.338. The highest BCUT2D eigenvalue weighted by atomic mass is 16.2. The summed E-state index contributed by atoms with van der Waals surface area (Å²) in [5.74, 6) is -0.338. The fraction of sp³-hybridized carbons (Fsp3) is 0.0800. The molecule has 4 aromatic rings. The number of hydrogen-bond donors (Lipinski definition) is 2. The van der Waals surface area contributed by atoms with Gasteiger partial charge in [0.25, 0.3) is 5.91 Å². The zero-order chi connectivity index (χ0) is 20.9. The van der Waals surface area contributed by atoms with Crippen LogP contribution < -0.4 is 5.43 Å². The molecule has 0 unspecified atom stereocenters. The minimum atomic E-state index is -0.338. The van der Waals surface area contributed by atoms with E-state index in [9.17, 15) is 4.79 Å². The summed E-state index contributed by atoms with van der Waals surface area (Å²) in [6.45, 7) is 4.12. The fourth-order valence-corrected chi connectivity index (χ4v) is 3.10. The van der Waals surface area contributed by atoms with Gasteiger partial charge in [-0.25, -0.2) is 5.43 Å². The largest absolute Gasteiger partial charge is 0.289 e. The first-order valence-corrected chi connectivity index (χ1v) is 9.72. The van der Waals surface area contributed by atoms with Crippen molar-refractivity contribution in [2.75, 3.05) is 0 Å². The quantitative estimate of drug-likeness (QED) is 0.364. The Labute approximate surface area is 175 Å². The van der Waals surface area contributed by atoms with E-state index in [-0.39, 0.29) is 5.91 Å². The molecule has 0 radical (unpaired) electrons. The Morgan fingerprint density at radius 2 is 1.57 bits per heavy atom. The van der Waals surface area contributed by atoms with Crippen molar-refractivity contribution in [3.8, 4) is 22.4 Å². The highest BCUT2D eigenvalue weighted by Crippen LogP contribution is 2.21. The molecule has 1 heterocycles. The van der Waals surface area contributed by atoms with Gasteiger partial charge in [0, 0.05) is 5.56 Å². The second-order valence-corrected chi connectivity index (χ2v) is 7.15. The average Bonchev–Trinajstić information content (AvgIpc) is 3.27. The molecule has 0 saturated carbocycles. The van der Waals surface area contributed by atoms with Crippen molar-refractivity contribution in [1.82, 2.24) is 15.6 Å². The Kier molecular flexibility index (Phi) is 5.52. The summed E-state index contributed by atoms with van der Waals surface area (Å²) in [5, 5.41) is 11.1. The van der Waals surface area contributed by atoms with E-state index < -0.39 is 0 Å². The molecule has 0 atom stereocenters. The van der Waals surface area contributed by atoms with Crippen LogP contribution >= 0.6 is 0 Å². The lowest BCUT2D eigenvalue weighted by Gasteiger charge is -2.02. The summed E-state index contributed by atoms with van der Waals surface area (Å²) < 4.78 is 0. The van der Waals surface area contributed by atoms with Crippen LogP contribution in [-0.4, -0.2) is 22.3 Å². The number of carbonyl (C=O) groups is 1. The summed E-state index contributed by atoms with van der Waals surface area (Å²) in [5.41, 5.74) is 10.2. The number of H-pyrrole nitrogens is 1. The number of hydrazone groups is 1. The maximum atomic E-state index is 12.3. The molecule has 0 aliphatic rings. The van der Waals surface area contributed by atoms with E-state index in [1.54, 1.807) is 12.3 Å². The normalized spacial score (nSPS) is 11.0. The smallest absolute Gasteiger partial charge is 0.272 e. The second-order valence-electron chi connectivity index (χ2n) is 7.15. The number of hydrogen-bond acceptors (Lipinski definition) is 3. The number of amides is 1. The maximum Gasteiger partial charge on any atom is 0.289 e. The molecule has 5 nitrogen and oxygen atoms in total. The minimum Gasteiger partial charge on any atom is -0.272 e. The van der Waals surface area contributed by atoms with Crippen LogP contribution in [0.3, 0.4) is 0 Å². The Hall–Kier alpha value is -3.99. The molecule has 1 aromatic heterocycles.